The molecular formula is C16H28O4. The van der Waals surface area contributed by atoms with E-state index >= 15 is 0 Å². The van der Waals surface area contributed by atoms with Gasteiger partial charge in [0.05, 0.1) is 11.8 Å². The summed E-state index contributed by atoms with van der Waals surface area (Å²) in [5, 5.41) is 19.2. The molecule has 1 saturated carbocycles. The molecule has 1 aliphatic rings. The van der Waals surface area contributed by atoms with Crippen LogP contribution in [0.1, 0.15) is 54.4 Å². The van der Waals surface area contributed by atoms with Crippen LogP contribution in [0.15, 0.2) is 0 Å². The van der Waals surface area contributed by atoms with Gasteiger partial charge in [0.2, 0.25) is 0 Å². The fourth-order valence-corrected chi connectivity index (χ4v) is 5.51. The van der Waals surface area contributed by atoms with Gasteiger partial charge < -0.3 is 10.2 Å². The first kappa shape index (κ1) is 17.0. The summed E-state index contributed by atoms with van der Waals surface area (Å²) in [7, 11) is 0. The van der Waals surface area contributed by atoms with Gasteiger partial charge in [-0.25, -0.2) is 0 Å². The number of aliphatic carboxylic acids is 2. The molecule has 0 saturated heterocycles. The molecule has 4 unspecified atom stereocenters. The molecule has 116 valence electrons. The van der Waals surface area contributed by atoms with Gasteiger partial charge in [-0.2, -0.15) is 0 Å². The fourth-order valence-electron chi connectivity index (χ4n) is 5.51. The number of hydrogen-bond acceptors (Lipinski definition) is 2. The van der Waals surface area contributed by atoms with E-state index in [2.05, 4.69) is 0 Å². The Balaban J connectivity index is 3.57. The quantitative estimate of drug-likeness (QED) is 0.782. The molecule has 0 amide bonds. The zero-order chi connectivity index (χ0) is 15.9. The minimum absolute atomic E-state index is 0.145. The molecule has 1 fully saturated rings. The normalized spacial score (nSPS) is 37.0. The van der Waals surface area contributed by atoms with Crippen molar-refractivity contribution in [3.63, 3.8) is 0 Å². The molecule has 4 heteroatoms. The summed E-state index contributed by atoms with van der Waals surface area (Å²) in [6.45, 7) is 12.1. The Morgan fingerprint density at radius 2 is 1.10 bits per heavy atom. The van der Waals surface area contributed by atoms with Gasteiger partial charge in [-0.15, -0.1) is 0 Å². The Kier molecular flexibility index (Phi) is 4.57. The summed E-state index contributed by atoms with van der Waals surface area (Å²) in [4.78, 5) is 23.5. The molecule has 4 nitrogen and oxygen atoms in total. The Labute approximate surface area is 121 Å². The molecule has 0 radical (unpaired) electrons. The van der Waals surface area contributed by atoms with Crippen molar-refractivity contribution in [2.75, 3.05) is 0 Å². The van der Waals surface area contributed by atoms with Crippen LogP contribution in [0.25, 0.3) is 0 Å². The third-order valence-electron chi connectivity index (χ3n) is 6.07. The zero-order valence-corrected chi connectivity index (χ0v) is 13.4. The van der Waals surface area contributed by atoms with Crippen molar-refractivity contribution in [3.05, 3.63) is 0 Å². The fraction of sp³-hybridized carbons (Fsp3) is 0.875. The van der Waals surface area contributed by atoms with E-state index in [0.29, 0.717) is 12.8 Å². The van der Waals surface area contributed by atoms with E-state index in [9.17, 15) is 19.8 Å². The van der Waals surface area contributed by atoms with Crippen LogP contribution in [-0.2, 0) is 9.59 Å². The standard InChI is InChI=1S/C16H28O4/c1-7-15(9(3)4)11(13(17)18)12(14(19)20)16(15,8-2)10(5)6/h9-12H,7-8H2,1-6H3,(H,17,18)(H,19,20). The number of carboxylic acids is 2. The molecule has 20 heavy (non-hydrogen) atoms. The Morgan fingerprint density at radius 1 is 0.850 bits per heavy atom. The van der Waals surface area contributed by atoms with Gasteiger partial charge in [-0.05, 0) is 35.5 Å². The molecule has 2 N–H and O–H groups in total. The van der Waals surface area contributed by atoms with Gasteiger partial charge in [0, 0.05) is 0 Å². The highest BCUT2D eigenvalue weighted by molar-refractivity contribution is 5.85. The first-order valence-corrected chi connectivity index (χ1v) is 7.60. The molecule has 1 aliphatic carbocycles. The number of carboxylic acid groups (broad SMARTS) is 2. The van der Waals surface area contributed by atoms with Crippen LogP contribution in [0.2, 0.25) is 0 Å². The van der Waals surface area contributed by atoms with E-state index in [0.717, 1.165) is 0 Å². The number of rotatable bonds is 6. The summed E-state index contributed by atoms with van der Waals surface area (Å²) in [5.41, 5.74) is -0.879. The Morgan fingerprint density at radius 3 is 1.20 bits per heavy atom. The van der Waals surface area contributed by atoms with Crippen molar-refractivity contribution in [3.8, 4) is 0 Å². The minimum atomic E-state index is -0.960. The van der Waals surface area contributed by atoms with Crippen molar-refractivity contribution in [2.24, 2.45) is 34.5 Å². The maximum absolute atomic E-state index is 11.7. The molecular weight excluding hydrogens is 256 g/mol. The SMILES string of the molecule is CCC1(C(C)C)C(C(=O)O)C(C(=O)O)C1(CC)C(C)C. The summed E-state index contributed by atoms with van der Waals surface area (Å²) >= 11 is 0. The van der Waals surface area contributed by atoms with Crippen LogP contribution in [0.5, 0.6) is 0 Å². The van der Waals surface area contributed by atoms with E-state index in [-0.39, 0.29) is 11.8 Å². The molecule has 0 heterocycles. The third kappa shape index (κ3) is 1.73. The molecule has 0 aromatic rings. The number of carbonyl (C=O) groups is 2. The van der Waals surface area contributed by atoms with E-state index in [1.165, 1.54) is 0 Å². The molecule has 0 aromatic carbocycles. The van der Waals surface area contributed by atoms with Crippen LogP contribution in [0, 0.1) is 34.5 Å². The predicted octanol–water partition coefficient (Wildman–Crippen LogP) is 3.51. The van der Waals surface area contributed by atoms with Gasteiger partial charge in [0.25, 0.3) is 0 Å². The lowest BCUT2D eigenvalue weighted by atomic mass is 9.31. The Bertz CT molecular complexity index is 363. The molecule has 0 aliphatic heterocycles. The summed E-state index contributed by atoms with van der Waals surface area (Å²) in [6, 6.07) is 0. The van der Waals surface area contributed by atoms with Crippen LogP contribution in [0.4, 0.5) is 0 Å². The van der Waals surface area contributed by atoms with Crippen molar-refractivity contribution >= 4 is 11.9 Å². The molecule has 0 aromatic heterocycles. The lowest BCUT2D eigenvalue weighted by Gasteiger charge is -2.70. The maximum Gasteiger partial charge on any atom is 0.307 e. The predicted molar refractivity (Wildman–Crippen MR) is 77.4 cm³/mol. The second-order valence-electron chi connectivity index (χ2n) is 6.73. The Hall–Kier alpha value is -1.06. The number of hydrogen-bond donors (Lipinski definition) is 2. The van der Waals surface area contributed by atoms with Gasteiger partial charge in [-0.1, -0.05) is 41.5 Å². The van der Waals surface area contributed by atoms with Crippen LogP contribution in [0.3, 0.4) is 0 Å². The molecule has 1 rings (SSSR count). The van der Waals surface area contributed by atoms with E-state index in [1.807, 2.05) is 41.5 Å². The van der Waals surface area contributed by atoms with Crippen LogP contribution >= 0.6 is 0 Å². The van der Waals surface area contributed by atoms with Crippen molar-refractivity contribution in [2.45, 2.75) is 54.4 Å². The van der Waals surface area contributed by atoms with Gasteiger partial charge in [-0.3, -0.25) is 9.59 Å². The first-order chi connectivity index (χ1) is 9.14. The maximum atomic E-state index is 11.7. The van der Waals surface area contributed by atoms with Gasteiger partial charge in [0.1, 0.15) is 0 Å². The monoisotopic (exact) mass is 284 g/mol. The molecule has 4 atom stereocenters. The second kappa shape index (κ2) is 5.38. The lowest BCUT2D eigenvalue weighted by Crippen LogP contribution is -2.73. The van der Waals surface area contributed by atoms with Gasteiger partial charge >= 0.3 is 11.9 Å². The second-order valence-corrected chi connectivity index (χ2v) is 6.73. The lowest BCUT2D eigenvalue weighted by molar-refractivity contribution is -0.263. The van der Waals surface area contributed by atoms with Crippen LogP contribution < -0.4 is 0 Å². The van der Waals surface area contributed by atoms with E-state index in [4.69, 9.17) is 0 Å². The molecule has 0 bridgehead atoms. The van der Waals surface area contributed by atoms with Crippen LogP contribution in [-0.4, -0.2) is 22.2 Å². The molecule has 0 spiro atoms. The average molecular weight is 284 g/mol. The van der Waals surface area contributed by atoms with Crippen molar-refractivity contribution < 1.29 is 19.8 Å². The van der Waals surface area contributed by atoms with Gasteiger partial charge in [0.15, 0.2) is 0 Å². The minimum Gasteiger partial charge on any atom is -0.481 e. The van der Waals surface area contributed by atoms with Crippen molar-refractivity contribution in [1.82, 2.24) is 0 Å². The topological polar surface area (TPSA) is 74.6 Å². The largest absolute Gasteiger partial charge is 0.481 e. The smallest absolute Gasteiger partial charge is 0.307 e. The average Bonchev–Trinajstić information content (AvgIpc) is 2.27. The summed E-state index contributed by atoms with van der Waals surface area (Å²) < 4.78 is 0. The summed E-state index contributed by atoms with van der Waals surface area (Å²) in [5.74, 6) is -3.20. The van der Waals surface area contributed by atoms with Crippen molar-refractivity contribution in [1.29, 1.82) is 0 Å². The first-order valence-electron chi connectivity index (χ1n) is 7.60. The van der Waals surface area contributed by atoms with E-state index < -0.39 is 34.6 Å². The highest BCUT2D eigenvalue weighted by atomic mass is 16.4. The zero-order valence-electron chi connectivity index (χ0n) is 13.4. The highest BCUT2D eigenvalue weighted by Crippen LogP contribution is 2.73. The third-order valence-corrected chi connectivity index (χ3v) is 6.07. The summed E-state index contributed by atoms with van der Waals surface area (Å²) in [6.07, 6.45) is 1.41. The highest BCUT2D eigenvalue weighted by Gasteiger charge is 2.76. The van der Waals surface area contributed by atoms with E-state index in [1.54, 1.807) is 0 Å².